The Labute approximate surface area is 137 Å². The number of benzene rings is 1. The highest BCUT2D eigenvalue weighted by atomic mass is 28.4. The molecule has 1 aromatic carbocycles. The molecule has 0 unspecified atom stereocenters. The molecular weight excluding hydrogens is 316 g/mol. The maximum absolute atomic E-state index is 5.73. The number of hydrogen-bond donors (Lipinski definition) is 0. The molecule has 124 valence electrons. The highest BCUT2D eigenvalue weighted by molar-refractivity contribution is 6.59. The summed E-state index contributed by atoms with van der Waals surface area (Å²) in [5.74, 6) is 0. The van der Waals surface area contributed by atoms with Crippen molar-refractivity contribution in [2.75, 3.05) is 26.4 Å². The normalized spacial score (nSPS) is 11.8. The molecule has 0 bridgehead atoms. The maximum Gasteiger partial charge on any atom is 0.670 e. The molecule has 0 aliphatic heterocycles. The van der Waals surface area contributed by atoms with E-state index >= 15 is 0 Å². The zero-order valence-corrected chi connectivity index (χ0v) is 15.7. The minimum atomic E-state index is -3.06. The Hall–Kier alpha value is -0.546. The fourth-order valence-corrected chi connectivity index (χ4v) is 4.68. The van der Waals surface area contributed by atoms with Crippen LogP contribution < -0.4 is 0 Å². The van der Waals surface area contributed by atoms with Crippen LogP contribution in [0, 0.1) is 0 Å². The van der Waals surface area contributed by atoms with Gasteiger partial charge in [-0.05, 0) is 32.3 Å². The Bertz CT molecular complexity index is 371. The van der Waals surface area contributed by atoms with E-state index in [2.05, 4.69) is 12.1 Å². The molecule has 0 aliphatic rings. The van der Waals surface area contributed by atoms with Crippen molar-refractivity contribution in [2.45, 2.75) is 33.6 Å². The molecule has 0 saturated carbocycles. The van der Waals surface area contributed by atoms with E-state index in [0.717, 1.165) is 12.8 Å². The van der Waals surface area contributed by atoms with Crippen molar-refractivity contribution in [3.63, 3.8) is 0 Å². The summed E-state index contributed by atoms with van der Waals surface area (Å²) in [5.41, 5.74) is 1.24. The second kappa shape index (κ2) is 11.9. The summed E-state index contributed by atoms with van der Waals surface area (Å²) in [7, 11) is -3.21. The Morgan fingerprint density at radius 1 is 0.909 bits per heavy atom. The molecule has 0 N–H and O–H groups in total. The van der Waals surface area contributed by atoms with Crippen molar-refractivity contribution >= 4 is 19.1 Å². The zero-order chi connectivity index (χ0) is 16.1. The monoisotopic (exact) mass is 342 g/mol. The summed E-state index contributed by atoms with van der Waals surface area (Å²) in [6.45, 7) is 7.97. The van der Waals surface area contributed by atoms with Crippen molar-refractivity contribution in [1.29, 1.82) is 0 Å². The summed E-state index contributed by atoms with van der Waals surface area (Å²) >= 11 is 0. The van der Waals surface area contributed by atoms with Gasteiger partial charge in [0.15, 0.2) is 0 Å². The molecule has 0 saturated heterocycles. The van der Waals surface area contributed by atoms with E-state index in [1.807, 2.05) is 39.0 Å². The van der Waals surface area contributed by atoms with Gasteiger partial charge in [-0.25, -0.2) is 0 Å². The van der Waals surface area contributed by atoms with Gasteiger partial charge in [-0.15, -0.1) is 0 Å². The zero-order valence-electron chi connectivity index (χ0n) is 13.7. The van der Waals surface area contributed by atoms with E-state index in [-0.39, 0.29) is 10.0 Å². The lowest BCUT2D eigenvalue weighted by molar-refractivity contribution is 0.00153. The Morgan fingerprint density at radius 2 is 1.59 bits per heavy atom. The van der Waals surface area contributed by atoms with Crippen molar-refractivity contribution in [2.24, 2.45) is 0 Å². The standard InChI is InChI=1S/C15H26O5Si2/c1-4-13-19-22(17-5-2,18-6-3)20-21-16-14-12-15-10-8-7-9-11-15/h7-11H,4-6,12-14H2,1-3H3. The Balaban J connectivity index is 2.34. The smallest absolute Gasteiger partial charge is 0.393 e. The maximum atomic E-state index is 5.73. The molecule has 0 atom stereocenters. The SMILES string of the molecule is CCCO[Si](OCC)(OCC)O[Si]OCCc1ccccc1. The molecule has 0 amide bonds. The van der Waals surface area contributed by atoms with E-state index in [1.165, 1.54) is 5.56 Å². The van der Waals surface area contributed by atoms with Crippen LogP contribution in [0.2, 0.25) is 0 Å². The van der Waals surface area contributed by atoms with Crippen LogP contribution >= 0.6 is 0 Å². The van der Waals surface area contributed by atoms with Gasteiger partial charge >= 0.3 is 19.1 Å². The lowest BCUT2D eigenvalue weighted by atomic mass is 10.2. The van der Waals surface area contributed by atoms with Crippen molar-refractivity contribution < 1.29 is 21.8 Å². The van der Waals surface area contributed by atoms with E-state index in [9.17, 15) is 0 Å². The van der Waals surface area contributed by atoms with Gasteiger partial charge in [-0.1, -0.05) is 37.3 Å². The summed E-state index contributed by atoms with van der Waals surface area (Å²) in [4.78, 5) is 0. The van der Waals surface area contributed by atoms with Crippen LogP contribution in [0.5, 0.6) is 0 Å². The summed E-state index contributed by atoms with van der Waals surface area (Å²) in [6.07, 6.45) is 1.74. The molecule has 0 aliphatic carbocycles. The van der Waals surface area contributed by atoms with Gasteiger partial charge in [0, 0.05) is 26.4 Å². The van der Waals surface area contributed by atoms with Crippen LogP contribution in [0.3, 0.4) is 0 Å². The average Bonchev–Trinajstić information content (AvgIpc) is 2.54. The molecular formula is C15H26O5Si2. The van der Waals surface area contributed by atoms with Gasteiger partial charge < -0.3 is 21.8 Å². The van der Waals surface area contributed by atoms with Crippen LogP contribution in [0.25, 0.3) is 0 Å². The van der Waals surface area contributed by atoms with E-state index in [0.29, 0.717) is 26.4 Å². The highest BCUT2D eigenvalue weighted by Gasteiger charge is 2.45. The molecule has 22 heavy (non-hydrogen) atoms. The minimum Gasteiger partial charge on any atom is -0.393 e. The molecule has 7 heteroatoms. The third kappa shape index (κ3) is 7.64. The second-order valence-corrected chi connectivity index (χ2v) is 7.62. The second-order valence-electron chi connectivity index (χ2n) is 4.48. The van der Waals surface area contributed by atoms with Crippen molar-refractivity contribution in [3.05, 3.63) is 35.9 Å². The fraction of sp³-hybridized carbons (Fsp3) is 0.600. The third-order valence-electron chi connectivity index (χ3n) is 2.69. The van der Waals surface area contributed by atoms with Crippen molar-refractivity contribution in [1.82, 2.24) is 0 Å². The summed E-state index contributed by atoms with van der Waals surface area (Å²) < 4.78 is 28.3. The van der Waals surface area contributed by atoms with Crippen LogP contribution in [-0.4, -0.2) is 45.5 Å². The first-order valence-corrected chi connectivity index (χ1v) is 10.2. The van der Waals surface area contributed by atoms with E-state index < -0.39 is 9.05 Å². The fourth-order valence-electron chi connectivity index (χ4n) is 1.73. The lowest BCUT2D eigenvalue weighted by Gasteiger charge is -2.26. The van der Waals surface area contributed by atoms with E-state index in [1.54, 1.807) is 0 Å². The Kier molecular flexibility index (Phi) is 10.6. The predicted molar refractivity (Wildman–Crippen MR) is 88.2 cm³/mol. The first-order chi connectivity index (χ1) is 10.8. The molecule has 1 rings (SSSR count). The van der Waals surface area contributed by atoms with Crippen LogP contribution in [0.4, 0.5) is 0 Å². The first kappa shape index (κ1) is 19.5. The summed E-state index contributed by atoms with van der Waals surface area (Å²) in [5, 5.41) is 0. The number of hydrogen-bond acceptors (Lipinski definition) is 5. The van der Waals surface area contributed by atoms with E-state index in [4.69, 9.17) is 21.8 Å². The topological polar surface area (TPSA) is 46.2 Å². The largest absolute Gasteiger partial charge is 0.670 e. The van der Waals surface area contributed by atoms with Crippen LogP contribution in [0.1, 0.15) is 32.8 Å². The van der Waals surface area contributed by atoms with Gasteiger partial charge in [-0.3, -0.25) is 0 Å². The molecule has 1 aromatic rings. The minimum absolute atomic E-state index is 0.147. The van der Waals surface area contributed by atoms with Crippen LogP contribution in [0.15, 0.2) is 30.3 Å². The molecule has 0 heterocycles. The predicted octanol–water partition coefficient (Wildman–Crippen LogP) is 2.73. The summed E-state index contributed by atoms with van der Waals surface area (Å²) in [6, 6.07) is 10.2. The Morgan fingerprint density at radius 3 is 2.18 bits per heavy atom. The quantitative estimate of drug-likeness (QED) is 0.407. The van der Waals surface area contributed by atoms with Crippen molar-refractivity contribution in [3.8, 4) is 0 Å². The molecule has 2 radical (unpaired) electrons. The first-order valence-electron chi connectivity index (χ1n) is 7.77. The third-order valence-corrected chi connectivity index (χ3v) is 6.18. The highest BCUT2D eigenvalue weighted by Crippen LogP contribution is 2.12. The lowest BCUT2D eigenvalue weighted by Crippen LogP contribution is -2.50. The van der Waals surface area contributed by atoms with Crippen LogP contribution in [-0.2, 0) is 28.2 Å². The molecule has 5 nitrogen and oxygen atoms in total. The van der Waals surface area contributed by atoms with Gasteiger partial charge in [0.1, 0.15) is 0 Å². The molecule has 0 aromatic heterocycles. The van der Waals surface area contributed by atoms with Gasteiger partial charge in [0.2, 0.25) is 0 Å². The molecule has 0 spiro atoms. The number of rotatable bonds is 13. The van der Waals surface area contributed by atoms with Gasteiger partial charge in [0.25, 0.3) is 0 Å². The average molecular weight is 343 g/mol. The molecule has 0 fully saturated rings. The van der Waals surface area contributed by atoms with Gasteiger partial charge in [0.05, 0.1) is 0 Å². The van der Waals surface area contributed by atoms with Gasteiger partial charge in [-0.2, -0.15) is 0 Å².